The minimum Gasteiger partial charge on any atom is -0.299 e. The van der Waals surface area contributed by atoms with Crippen molar-refractivity contribution in [2.45, 2.75) is 52.7 Å². The highest BCUT2D eigenvalue weighted by atomic mass is 79.9. The van der Waals surface area contributed by atoms with Gasteiger partial charge in [0.2, 0.25) is 0 Å². The summed E-state index contributed by atoms with van der Waals surface area (Å²) >= 11 is 3.56. The smallest absolute Gasteiger partial charge is 0.0237 e. The molecule has 0 saturated carbocycles. The molecule has 2 nitrogen and oxygen atoms in total. The van der Waals surface area contributed by atoms with E-state index >= 15 is 0 Å². The van der Waals surface area contributed by atoms with Crippen molar-refractivity contribution in [3.8, 4) is 0 Å². The molecule has 0 saturated heterocycles. The number of rotatable bonds is 14. The second-order valence-electron chi connectivity index (χ2n) is 10.5. The number of aryl methyl sites for hydroxylation is 2. The molecule has 0 atom stereocenters. The molecule has 38 heavy (non-hydrogen) atoms. The topological polar surface area (TPSA) is 6.48 Å². The van der Waals surface area contributed by atoms with Crippen LogP contribution in [0.25, 0.3) is 0 Å². The molecule has 0 bridgehead atoms. The van der Waals surface area contributed by atoms with E-state index in [1.807, 2.05) is 0 Å². The summed E-state index contributed by atoms with van der Waals surface area (Å²) in [5.41, 5.74) is 8.29. The highest BCUT2D eigenvalue weighted by Crippen LogP contribution is 2.16. The van der Waals surface area contributed by atoms with Gasteiger partial charge in [0.15, 0.2) is 0 Å². The number of hydrogen-bond acceptors (Lipinski definition) is 2. The first-order valence-corrected chi connectivity index (χ1v) is 14.7. The SMILES string of the molecule is Cc1cc(C)cc(CN(CCCCN(Cc2ccccc2)Cc2ccccc2)CCc2ccc(Br)cc2)c1. The summed E-state index contributed by atoms with van der Waals surface area (Å²) in [7, 11) is 0. The maximum atomic E-state index is 3.56. The van der Waals surface area contributed by atoms with Gasteiger partial charge in [-0.15, -0.1) is 0 Å². The van der Waals surface area contributed by atoms with Crippen molar-refractivity contribution >= 4 is 15.9 Å². The first kappa shape index (κ1) is 28.3. The van der Waals surface area contributed by atoms with Crippen LogP contribution in [0.2, 0.25) is 0 Å². The highest BCUT2D eigenvalue weighted by Gasteiger charge is 2.11. The molecule has 0 aliphatic heterocycles. The van der Waals surface area contributed by atoms with Crippen LogP contribution in [0.5, 0.6) is 0 Å². The fourth-order valence-electron chi connectivity index (χ4n) is 5.19. The molecular formula is C35H41BrN2. The second kappa shape index (κ2) is 15.0. The molecule has 198 valence electrons. The van der Waals surface area contributed by atoms with E-state index in [9.17, 15) is 0 Å². The Labute approximate surface area is 238 Å². The standard InChI is InChI=1S/C35H41BrN2/c1-29-23-30(2)25-34(24-29)28-37(22-19-31-15-17-35(36)18-16-31)20-9-10-21-38(26-32-11-5-3-6-12-32)27-33-13-7-4-8-14-33/h3-8,11-18,23-25H,9-10,19-22,26-28H2,1-2H3. The number of nitrogens with zero attached hydrogens (tertiary/aromatic N) is 2. The number of benzene rings is 4. The third-order valence-electron chi connectivity index (χ3n) is 7.01. The summed E-state index contributed by atoms with van der Waals surface area (Å²) in [6.07, 6.45) is 3.47. The van der Waals surface area contributed by atoms with Crippen LogP contribution in [0, 0.1) is 13.8 Å². The zero-order chi connectivity index (χ0) is 26.6. The van der Waals surface area contributed by atoms with Gasteiger partial charge in [-0.3, -0.25) is 9.80 Å². The van der Waals surface area contributed by atoms with Gasteiger partial charge in [-0.2, -0.15) is 0 Å². The van der Waals surface area contributed by atoms with E-state index < -0.39 is 0 Å². The monoisotopic (exact) mass is 568 g/mol. The Kier molecular flexibility index (Phi) is 11.2. The summed E-state index contributed by atoms with van der Waals surface area (Å²) in [6.45, 7) is 10.7. The molecule has 3 heteroatoms. The Morgan fingerprint density at radius 2 is 1.00 bits per heavy atom. The van der Waals surface area contributed by atoms with Gasteiger partial charge in [0.1, 0.15) is 0 Å². The van der Waals surface area contributed by atoms with E-state index in [2.05, 4.69) is 143 Å². The van der Waals surface area contributed by atoms with Gasteiger partial charge < -0.3 is 0 Å². The Morgan fingerprint density at radius 1 is 0.500 bits per heavy atom. The lowest BCUT2D eigenvalue weighted by Crippen LogP contribution is -2.28. The van der Waals surface area contributed by atoms with Gasteiger partial charge in [-0.25, -0.2) is 0 Å². The fourth-order valence-corrected chi connectivity index (χ4v) is 5.46. The van der Waals surface area contributed by atoms with Gasteiger partial charge >= 0.3 is 0 Å². The number of hydrogen-bond donors (Lipinski definition) is 0. The Bertz CT molecular complexity index is 1160. The van der Waals surface area contributed by atoms with Crippen LogP contribution in [0.1, 0.15) is 46.2 Å². The summed E-state index contributed by atoms with van der Waals surface area (Å²) in [5.74, 6) is 0. The molecule has 0 aromatic heterocycles. The molecule has 4 aromatic rings. The van der Waals surface area contributed by atoms with E-state index in [-0.39, 0.29) is 0 Å². The lowest BCUT2D eigenvalue weighted by atomic mass is 10.1. The average Bonchev–Trinajstić information content (AvgIpc) is 2.91. The van der Waals surface area contributed by atoms with Crippen molar-refractivity contribution < 1.29 is 0 Å². The molecule has 4 rings (SSSR count). The van der Waals surface area contributed by atoms with Crippen molar-refractivity contribution in [1.29, 1.82) is 0 Å². The predicted octanol–water partition coefficient (Wildman–Crippen LogP) is 8.59. The molecule has 0 aliphatic rings. The second-order valence-corrected chi connectivity index (χ2v) is 11.5. The molecule has 0 spiro atoms. The van der Waals surface area contributed by atoms with Crippen LogP contribution in [-0.4, -0.2) is 29.4 Å². The Balaban J connectivity index is 1.36. The van der Waals surface area contributed by atoms with Crippen molar-refractivity contribution in [2.75, 3.05) is 19.6 Å². The van der Waals surface area contributed by atoms with Crippen LogP contribution >= 0.6 is 15.9 Å². The van der Waals surface area contributed by atoms with Gasteiger partial charge in [0.25, 0.3) is 0 Å². The van der Waals surface area contributed by atoms with Crippen molar-refractivity contribution in [3.05, 3.63) is 141 Å². The van der Waals surface area contributed by atoms with E-state index in [4.69, 9.17) is 0 Å². The zero-order valence-electron chi connectivity index (χ0n) is 23.0. The molecule has 0 N–H and O–H groups in total. The lowest BCUT2D eigenvalue weighted by molar-refractivity contribution is 0.228. The molecule has 0 fully saturated rings. The molecular weight excluding hydrogens is 528 g/mol. The zero-order valence-corrected chi connectivity index (χ0v) is 24.5. The van der Waals surface area contributed by atoms with Crippen molar-refractivity contribution in [3.63, 3.8) is 0 Å². The third-order valence-corrected chi connectivity index (χ3v) is 7.54. The molecule has 0 unspecified atom stereocenters. The summed E-state index contributed by atoms with van der Waals surface area (Å²) < 4.78 is 1.14. The van der Waals surface area contributed by atoms with Gasteiger partial charge in [0, 0.05) is 30.7 Å². The quantitative estimate of drug-likeness (QED) is 0.140. The first-order valence-electron chi connectivity index (χ1n) is 13.9. The minimum absolute atomic E-state index is 0.992. The van der Waals surface area contributed by atoms with E-state index in [0.29, 0.717) is 0 Å². The van der Waals surface area contributed by atoms with E-state index in [1.54, 1.807) is 0 Å². The summed E-state index contributed by atoms with van der Waals surface area (Å²) in [4.78, 5) is 5.25. The summed E-state index contributed by atoms with van der Waals surface area (Å²) in [5, 5.41) is 0. The number of halogens is 1. The molecule has 0 heterocycles. The van der Waals surface area contributed by atoms with Crippen LogP contribution in [0.3, 0.4) is 0 Å². The Hall–Kier alpha value is -2.72. The van der Waals surface area contributed by atoms with Crippen molar-refractivity contribution in [1.82, 2.24) is 9.80 Å². The normalized spacial score (nSPS) is 11.4. The lowest BCUT2D eigenvalue weighted by Gasteiger charge is -2.25. The minimum atomic E-state index is 0.992. The molecule has 0 radical (unpaired) electrons. The summed E-state index contributed by atoms with van der Waals surface area (Å²) in [6, 6.07) is 37.5. The molecule has 0 aliphatic carbocycles. The van der Waals surface area contributed by atoms with Gasteiger partial charge in [0.05, 0.1) is 0 Å². The van der Waals surface area contributed by atoms with Crippen LogP contribution in [0.15, 0.2) is 108 Å². The average molecular weight is 570 g/mol. The van der Waals surface area contributed by atoms with E-state index in [1.165, 1.54) is 46.2 Å². The molecule has 4 aromatic carbocycles. The van der Waals surface area contributed by atoms with Gasteiger partial charge in [-0.05, 0) is 80.6 Å². The van der Waals surface area contributed by atoms with Crippen LogP contribution in [0.4, 0.5) is 0 Å². The third kappa shape index (κ3) is 9.87. The van der Waals surface area contributed by atoms with Gasteiger partial charge in [-0.1, -0.05) is 118 Å². The highest BCUT2D eigenvalue weighted by molar-refractivity contribution is 9.10. The predicted molar refractivity (Wildman–Crippen MR) is 165 cm³/mol. The maximum absolute atomic E-state index is 3.56. The van der Waals surface area contributed by atoms with Crippen LogP contribution in [-0.2, 0) is 26.1 Å². The van der Waals surface area contributed by atoms with Crippen molar-refractivity contribution in [2.24, 2.45) is 0 Å². The first-order chi connectivity index (χ1) is 18.5. The molecule has 0 amide bonds. The van der Waals surface area contributed by atoms with E-state index in [0.717, 1.165) is 50.2 Å². The Morgan fingerprint density at radius 3 is 1.55 bits per heavy atom. The largest absolute Gasteiger partial charge is 0.299 e. The fraction of sp³-hybridized carbons (Fsp3) is 0.314. The maximum Gasteiger partial charge on any atom is 0.0237 e. The number of unbranched alkanes of at least 4 members (excludes halogenated alkanes) is 1. The van der Waals surface area contributed by atoms with Crippen LogP contribution < -0.4 is 0 Å².